The molecule has 3 aromatic rings. The monoisotopic (exact) mass is 535 g/mol. The maximum Gasteiger partial charge on any atom is 0.272 e. The van der Waals surface area contributed by atoms with E-state index in [1.54, 1.807) is 24.5 Å². The summed E-state index contributed by atoms with van der Waals surface area (Å²) in [5.74, 6) is 0.935. The van der Waals surface area contributed by atoms with Crippen LogP contribution in [0.2, 0.25) is 5.02 Å². The number of rotatable bonds is 8. The van der Waals surface area contributed by atoms with Crippen LogP contribution < -0.4 is 14.9 Å². The molecule has 0 spiro atoms. The molecule has 2 aromatic carbocycles. The van der Waals surface area contributed by atoms with E-state index in [1.165, 1.54) is 6.20 Å². The van der Waals surface area contributed by atoms with Crippen LogP contribution in [-0.2, 0) is 6.61 Å². The third-order valence-electron chi connectivity index (χ3n) is 3.93. The van der Waals surface area contributed by atoms with Gasteiger partial charge in [-0.25, -0.2) is 5.43 Å². The summed E-state index contributed by atoms with van der Waals surface area (Å²) in [5.41, 5.74) is 4.70. The van der Waals surface area contributed by atoms with Gasteiger partial charge < -0.3 is 9.47 Å². The highest BCUT2D eigenvalue weighted by Gasteiger charge is 2.12. The lowest BCUT2D eigenvalue weighted by atomic mass is 10.2. The zero-order valence-electron chi connectivity index (χ0n) is 16.1. The van der Waals surface area contributed by atoms with E-state index in [4.69, 9.17) is 21.1 Å². The number of hydrogen-bond donors (Lipinski definition) is 1. The van der Waals surface area contributed by atoms with Crippen LogP contribution >= 0.6 is 34.2 Å². The van der Waals surface area contributed by atoms with Crippen molar-refractivity contribution in [3.8, 4) is 11.5 Å². The van der Waals surface area contributed by atoms with Gasteiger partial charge in [-0.05, 0) is 77.0 Å². The Hall–Kier alpha value is -2.65. The van der Waals surface area contributed by atoms with E-state index in [9.17, 15) is 4.79 Å². The Morgan fingerprint density at radius 3 is 2.73 bits per heavy atom. The van der Waals surface area contributed by atoms with Gasteiger partial charge in [-0.2, -0.15) is 5.10 Å². The molecule has 0 atom stereocenters. The van der Waals surface area contributed by atoms with Gasteiger partial charge in [0.2, 0.25) is 0 Å². The average molecular weight is 536 g/mol. The summed E-state index contributed by atoms with van der Waals surface area (Å²) >= 11 is 8.12. The van der Waals surface area contributed by atoms with Crippen LogP contribution in [0.5, 0.6) is 11.5 Å². The van der Waals surface area contributed by atoms with Crippen LogP contribution in [0.25, 0.3) is 0 Å². The van der Waals surface area contributed by atoms with Crippen molar-refractivity contribution in [2.24, 2.45) is 5.10 Å². The minimum atomic E-state index is -0.331. The second kappa shape index (κ2) is 10.9. The van der Waals surface area contributed by atoms with Gasteiger partial charge in [0.05, 0.1) is 22.0 Å². The van der Waals surface area contributed by atoms with Crippen molar-refractivity contribution in [3.05, 3.63) is 86.2 Å². The molecule has 1 N–H and O–H groups in total. The minimum Gasteiger partial charge on any atom is -0.490 e. The first kappa shape index (κ1) is 22.0. The number of aromatic nitrogens is 1. The summed E-state index contributed by atoms with van der Waals surface area (Å²) in [6.45, 7) is 2.79. The molecule has 0 bridgehead atoms. The third-order valence-corrected chi connectivity index (χ3v) is 4.98. The third kappa shape index (κ3) is 6.17. The van der Waals surface area contributed by atoms with Crippen LogP contribution in [0.4, 0.5) is 0 Å². The molecule has 1 amide bonds. The lowest BCUT2D eigenvalue weighted by molar-refractivity contribution is 0.0955. The predicted octanol–water partition coefficient (Wildman–Crippen LogP) is 5.08. The Kier molecular flexibility index (Phi) is 8.04. The molecule has 0 radical (unpaired) electrons. The highest BCUT2D eigenvalue weighted by molar-refractivity contribution is 14.1. The number of benzene rings is 2. The first-order chi connectivity index (χ1) is 14.6. The van der Waals surface area contributed by atoms with Crippen molar-refractivity contribution in [3.63, 3.8) is 0 Å². The summed E-state index contributed by atoms with van der Waals surface area (Å²) in [7, 11) is 0. The van der Waals surface area contributed by atoms with Gasteiger partial charge in [0.15, 0.2) is 11.5 Å². The molecule has 0 aliphatic heterocycles. The van der Waals surface area contributed by atoms with E-state index in [-0.39, 0.29) is 5.91 Å². The smallest absolute Gasteiger partial charge is 0.272 e. The van der Waals surface area contributed by atoms with Crippen LogP contribution in [0.1, 0.15) is 28.4 Å². The molecule has 1 heterocycles. The van der Waals surface area contributed by atoms with Gasteiger partial charge in [-0.15, -0.1) is 0 Å². The predicted molar refractivity (Wildman–Crippen MR) is 125 cm³/mol. The van der Waals surface area contributed by atoms with E-state index in [0.717, 1.165) is 14.7 Å². The average Bonchev–Trinajstić information content (AvgIpc) is 2.75. The van der Waals surface area contributed by atoms with E-state index in [2.05, 4.69) is 38.1 Å². The number of halogens is 2. The summed E-state index contributed by atoms with van der Waals surface area (Å²) in [5, 5.41) is 4.71. The number of pyridine rings is 1. The fourth-order valence-electron chi connectivity index (χ4n) is 2.53. The van der Waals surface area contributed by atoms with Crippen molar-refractivity contribution < 1.29 is 14.3 Å². The quantitative estimate of drug-likeness (QED) is 0.248. The van der Waals surface area contributed by atoms with E-state index in [1.807, 2.05) is 43.3 Å². The molecule has 3 rings (SSSR count). The van der Waals surface area contributed by atoms with E-state index in [0.29, 0.717) is 35.3 Å². The SMILES string of the molecule is CCOc1cc(/C=N\NC(=O)c2cccnc2)cc(I)c1OCc1ccc(Cl)cc1. The zero-order chi connectivity index (χ0) is 21.3. The number of ether oxygens (including phenoxy) is 2. The lowest BCUT2D eigenvalue weighted by Gasteiger charge is -2.14. The zero-order valence-corrected chi connectivity index (χ0v) is 19.1. The first-order valence-electron chi connectivity index (χ1n) is 9.14. The molecule has 0 aliphatic rings. The highest BCUT2D eigenvalue weighted by atomic mass is 127. The molecule has 154 valence electrons. The maximum atomic E-state index is 12.0. The number of nitrogens with one attached hydrogen (secondary N) is 1. The van der Waals surface area contributed by atoms with Crippen LogP contribution in [0.3, 0.4) is 0 Å². The Morgan fingerprint density at radius 1 is 1.23 bits per heavy atom. The molecule has 30 heavy (non-hydrogen) atoms. The number of hydrogen-bond acceptors (Lipinski definition) is 5. The largest absolute Gasteiger partial charge is 0.490 e. The molecule has 0 unspecified atom stereocenters. The second-order valence-electron chi connectivity index (χ2n) is 6.12. The second-order valence-corrected chi connectivity index (χ2v) is 7.72. The van der Waals surface area contributed by atoms with Crippen molar-refractivity contribution in [1.82, 2.24) is 10.4 Å². The first-order valence-corrected chi connectivity index (χ1v) is 10.6. The van der Waals surface area contributed by atoms with Gasteiger partial charge in [-0.3, -0.25) is 9.78 Å². The molecular formula is C22H19ClIN3O3. The van der Waals surface area contributed by atoms with E-state index < -0.39 is 0 Å². The summed E-state index contributed by atoms with van der Waals surface area (Å²) < 4.78 is 12.6. The number of carbonyl (C=O) groups is 1. The Bertz CT molecular complexity index is 1030. The van der Waals surface area contributed by atoms with Crippen LogP contribution in [0.15, 0.2) is 66.0 Å². The van der Waals surface area contributed by atoms with Crippen molar-refractivity contribution >= 4 is 46.3 Å². The lowest BCUT2D eigenvalue weighted by Crippen LogP contribution is -2.17. The Balaban J connectivity index is 1.71. The summed E-state index contributed by atoms with van der Waals surface area (Å²) in [6, 6.07) is 14.6. The fraction of sp³-hybridized carbons (Fsp3) is 0.136. The molecule has 8 heteroatoms. The molecule has 0 saturated heterocycles. The molecule has 0 aliphatic carbocycles. The van der Waals surface area contributed by atoms with Crippen LogP contribution in [0, 0.1) is 3.57 Å². The fourth-order valence-corrected chi connectivity index (χ4v) is 3.44. The molecule has 0 saturated carbocycles. The van der Waals surface area contributed by atoms with Gasteiger partial charge in [0.1, 0.15) is 6.61 Å². The van der Waals surface area contributed by atoms with Gasteiger partial charge in [0, 0.05) is 17.4 Å². The molecule has 1 aromatic heterocycles. The van der Waals surface area contributed by atoms with E-state index >= 15 is 0 Å². The number of hydrazone groups is 1. The molecule has 0 fully saturated rings. The molecular weight excluding hydrogens is 517 g/mol. The van der Waals surface area contributed by atoms with Crippen molar-refractivity contribution in [2.75, 3.05) is 6.61 Å². The topological polar surface area (TPSA) is 72.8 Å². The summed E-state index contributed by atoms with van der Waals surface area (Å²) in [4.78, 5) is 16.0. The number of amides is 1. The number of nitrogens with zero attached hydrogens (tertiary/aromatic N) is 2. The Labute approximate surface area is 193 Å². The van der Waals surface area contributed by atoms with Gasteiger partial charge in [-0.1, -0.05) is 23.7 Å². The molecule has 6 nitrogen and oxygen atoms in total. The number of carbonyl (C=O) groups excluding carboxylic acids is 1. The highest BCUT2D eigenvalue weighted by Crippen LogP contribution is 2.34. The normalized spacial score (nSPS) is 10.8. The van der Waals surface area contributed by atoms with Crippen molar-refractivity contribution in [1.29, 1.82) is 0 Å². The maximum absolute atomic E-state index is 12.0. The Morgan fingerprint density at radius 2 is 2.03 bits per heavy atom. The minimum absolute atomic E-state index is 0.331. The van der Waals surface area contributed by atoms with Gasteiger partial charge in [0.25, 0.3) is 5.91 Å². The standard InChI is InChI=1S/C22H19ClIN3O3/c1-2-29-20-11-16(12-26-27-22(28)17-4-3-9-25-13-17)10-19(24)21(20)30-14-15-5-7-18(23)8-6-15/h3-13H,2,14H2,1H3,(H,27,28)/b26-12-. The van der Waals surface area contributed by atoms with Gasteiger partial charge >= 0.3 is 0 Å². The summed E-state index contributed by atoms with van der Waals surface area (Å²) in [6.07, 6.45) is 4.64. The van der Waals surface area contributed by atoms with Crippen LogP contribution in [-0.4, -0.2) is 23.7 Å². The van der Waals surface area contributed by atoms with Crippen molar-refractivity contribution in [2.45, 2.75) is 13.5 Å².